The van der Waals surface area contributed by atoms with E-state index in [1.54, 1.807) is 0 Å². The van der Waals surface area contributed by atoms with Crippen molar-refractivity contribution in [2.24, 2.45) is 0 Å². The first-order valence-corrected chi connectivity index (χ1v) is 10.8. The number of aromatic nitrogens is 2. The monoisotopic (exact) mass is 405 g/mol. The highest BCUT2D eigenvalue weighted by Crippen LogP contribution is 2.35. The van der Waals surface area contributed by atoms with E-state index in [9.17, 15) is 9.59 Å². The summed E-state index contributed by atoms with van der Waals surface area (Å²) < 4.78 is 2.03. The fraction of sp³-hybridized carbons (Fsp3) is 0.435. The molecule has 156 valence electrons. The molecule has 5 rings (SSSR count). The molecule has 1 atom stereocenters. The number of nitrogens with one attached hydrogen (secondary N) is 2. The number of fused-ring (bicyclic) bond motifs is 3. The molecule has 2 amide bonds. The minimum atomic E-state index is -0.417. The van der Waals surface area contributed by atoms with E-state index in [1.165, 1.54) is 5.56 Å². The van der Waals surface area contributed by atoms with Gasteiger partial charge in [0, 0.05) is 36.0 Å². The number of para-hydroxylation sites is 1. The number of amides is 2. The molecule has 2 fully saturated rings. The molecule has 0 aliphatic carbocycles. The lowest BCUT2D eigenvalue weighted by atomic mass is 10.0. The maximum atomic E-state index is 12.7. The molecule has 4 heterocycles. The molecule has 2 aliphatic heterocycles. The summed E-state index contributed by atoms with van der Waals surface area (Å²) in [4.78, 5) is 31.5. The van der Waals surface area contributed by atoms with Crippen molar-refractivity contribution < 1.29 is 9.59 Å². The van der Waals surface area contributed by atoms with Crippen molar-refractivity contribution in [2.75, 3.05) is 20.1 Å². The largest absolute Gasteiger partial charge is 0.317 e. The highest BCUT2D eigenvalue weighted by Gasteiger charge is 2.31. The Morgan fingerprint density at radius 3 is 2.70 bits per heavy atom. The molecular weight excluding hydrogens is 378 g/mol. The van der Waals surface area contributed by atoms with Crippen LogP contribution in [-0.2, 0) is 16.1 Å². The molecule has 0 radical (unpaired) electrons. The zero-order chi connectivity index (χ0) is 20.7. The van der Waals surface area contributed by atoms with Crippen molar-refractivity contribution >= 4 is 33.8 Å². The molecular formula is C23H27N5O2. The number of carbonyl (C=O) groups excluding carboxylic acids is 2. The van der Waals surface area contributed by atoms with Crippen molar-refractivity contribution in [1.29, 1.82) is 0 Å². The van der Waals surface area contributed by atoms with Gasteiger partial charge in [0.25, 0.3) is 0 Å². The van der Waals surface area contributed by atoms with E-state index in [0.29, 0.717) is 18.9 Å². The molecule has 7 nitrogen and oxygen atoms in total. The van der Waals surface area contributed by atoms with Crippen LogP contribution in [0.2, 0.25) is 0 Å². The number of imide groups is 1. The molecule has 30 heavy (non-hydrogen) atoms. The standard InChI is InChI=1S/C23H27N5O2/c1-24-16-9-12-27(13-10-16)14-15-8-11-25-22-21(15)17-4-2-3-5-18(17)28(22)19-6-7-20(29)26-23(19)30/h2-5,8,11,16,19,24H,6-7,9-10,12-14H2,1H3,(H,26,29,30). The lowest BCUT2D eigenvalue weighted by molar-refractivity contribution is -0.135. The smallest absolute Gasteiger partial charge is 0.249 e. The maximum absolute atomic E-state index is 12.7. The second-order valence-corrected chi connectivity index (χ2v) is 8.36. The molecule has 1 aromatic carbocycles. The Kier molecular flexibility index (Phi) is 5.00. The molecule has 2 aromatic heterocycles. The Hall–Kier alpha value is -2.77. The van der Waals surface area contributed by atoms with Crippen LogP contribution in [-0.4, -0.2) is 52.4 Å². The fourth-order valence-electron chi connectivity index (χ4n) is 4.97. The van der Waals surface area contributed by atoms with Crippen LogP contribution in [0.25, 0.3) is 21.9 Å². The third kappa shape index (κ3) is 3.28. The van der Waals surface area contributed by atoms with E-state index < -0.39 is 6.04 Å². The van der Waals surface area contributed by atoms with Gasteiger partial charge in [-0.25, -0.2) is 4.98 Å². The van der Waals surface area contributed by atoms with Gasteiger partial charge in [0.2, 0.25) is 11.8 Å². The molecule has 3 aromatic rings. The predicted octanol–water partition coefficient (Wildman–Crippen LogP) is 2.35. The highest BCUT2D eigenvalue weighted by atomic mass is 16.2. The number of likely N-dealkylation sites (tertiary alicyclic amines) is 1. The minimum Gasteiger partial charge on any atom is -0.317 e. The summed E-state index contributed by atoms with van der Waals surface area (Å²) in [7, 11) is 2.04. The Morgan fingerprint density at radius 2 is 1.93 bits per heavy atom. The number of hydrogen-bond acceptors (Lipinski definition) is 5. The Morgan fingerprint density at radius 1 is 1.13 bits per heavy atom. The number of hydrogen-bond donors (Lipinski definition) is 2. The normalized spacial score (nSPS) is 21.4. The fourth-order valence-corrected chi connectivity index (χ4v) is 4.97. The first-order chi connectivity index (χ1) is 14.7. The first-order valence-electron chi connectivity index (χ1n) is 10.8. The van der Waals surface area contributed by atoms with Crippen LogP contribution in [0.15, 0.2) is 36.5 Å². The van der Waals surface area contributed by atoms with Crippen molar-refractivity contribution in [1.82, 2.24) is 25.1 Å². The lowest BCUT2D eigenvalue weighted by Gasteiger charge is -2.31. The number of pyridine rings is 1. The van der Waals surface area contributed by atoms with Gasteiger partial charge in [0.15, 0.2) is 0 Å². The van der Waals surface area contributed by atoms with Crippen molar-refractivity contribution in [3.8, 4) is 0 Å². The average Bonchev–Trinajstić information content (AvgIpc) is 3.10. The summed E-state index contributed by atoms with van der Waals surface area (Å²) in [6.07, 6.45) is 5.01. The number of nitrogens with zero attached hydrogens (tertiary/aromatic N) is 3. The zero-order valence-corrected chi connectivity index (χ0v) is 17.2. The van der Waals surface area contributed by atoms with Crippen LogP contribution in [0.5, 0.6) is 0 Å². The van der Waals surface area contributed by atoms with Crippen LogP contribution in [0.4, 0.5) is 0 Å². The van der Waals surface area contributed by atoms with E-state index in [4.69, 9.17) is 4.98 Å². The second-order valence-electron chi connectivity index (χ2n) is 8.36. The Labute approximate surface area is 175 Å². The van der Waals surface area contributed by atoms with E-state index in [0.717, 1.165) is 54.4 Å². The van der Waals surface area contributed by atoms with Crippen molar-refractivity contribution in [3.05, 3.63) is 42.1 Å². The van der Waals surface area contributed by atoms with Crippen LogP contribution in [0, 0.1) is 0 Å². The number of benzene rings is 1. The van der Waals surface area contributed by atoms with Gasteiger partial charge in [-0.05, 0) is 57.1 Å². The lowest BCUT2D eigenvalue weighted by Crippen LogP contribution is -2.41. The van der Waals surface area contributed by atoms with Crippen LogP contribution in [0.1, 0.15) is 37.3 Å². The number of carbonyl (C=O) groups is 2. The third-order valence-electron chi connectivity index (χ3n) is 6.59. The van der Waals surface area contributed by atoms with Gasteiger partial charge < -0.3 is 9.88 Å². The van der Waals surface area contributed by atoms with E-state index in [-0.39, 0.29) is 11.8 Å². The van der Waals surface area contributed by atoms with Gasteiger partial charge in [-0.15, -0.1) is 0 Å². The van der Waals surface area contributed by atoms with E-state index >= 15 is 0 Å². The molecule has 2 aliphatic rings. The van der Waals surface area contributed by atoms with Crippen LogP contribution < -0.4 is 10.6 Å². The molecule has 0 saturated carbocycles. The molecule has 0 bridgehead atoms. The van der Waals surface area contributed by atoms with Gasteiger partial charge in [-0.3, -0.25) is 19.8 Å². The quantitative estimate of drug-likeness (QED) is 0.652. The summed E-state index contributed by atoms with van der Waals surface area (Å²) in [6.45, 7) is 3.01. The first kappa shape index (κ1) is 19.2. The summed E-state index contributed by atoms with van der Waals surface area (Å²) in [5.74, 6) is -0.439. The maximum Gasteiger partial charge on any atom is 0.249 e. The highest BCUT2D eigenvalue weighted by molar-refractivity contribution is 6.10. The van der Waals surface area contributed by atoms with Gasteiger partial charge in [0.05, 0.1) is 5.52 Å². The van der Waals surface area contributed by atoms with Crippen LogP contribution in [0.3, 0.4) is 0 Å². The van der Waals surface area contributed by atoms with Gasteiger partial charge >= 0.3 is 0 Å². The molecule has 2 saturated heterocycles. The summed E-state index contributed by atoms with van der Waals surface area (Å²) in [5, 5.41) is 8.12. The van der Waals surface area contributed by atoms with Crippen molar-refractivity contribution in [2.45, 2.75) is 44.3 Å². The molecule has 1 unspecified atom stereocenters. The summed E-state index contributed by atoms with van der Waals surface area (Å²) >= 11 is 0. The van der Waals surface area contributed by atoms with Gasteiger partial charge in [-0.2, -0.15) is 0 Å². The molecule has 0 spiro atoms. The van der Waals surface area contributed by atoms with Gasteiger partial charge in [0.1, 0.15) is 11.7 Å². The van der Waals surface area contributed by atoms with Gasteiger partial charge in [-0.1, -0.05) is 18.2 Å². The van der Waals surface area contributed by atoms with E-state index in [1.807, 2.05) is 36.0 Å². The van der Waals surface area contributed by atoms with E-state index in [2.05, 4.69) is 27.7 Å². The van der Waals surface area contributed by atoms with Crippen LogP contribution >= 0.6 is 0 Å². The molecule has 2 N–H and O–H groups in total. The topological polar surface area (TPSA) is 79.3 Å². The summed E-state index contributed by atoms with van der Waals surface area (Å²) in [6, 6.07) is 10.5. The minimum absolute atomic E-state index is 0.198. The Bertz CT molecular complexity index is 1110. The van der Waals surface area contributed by atoms with Crippen molar-refractivity contribution in [3.63, 3.8) is 0 Å². The number of rotatable bonds is 4. The average molecular weight is 406 g/mol. The predicted molar refractivity (Wildman–Crippen MR) is 116 cm³/mol. The molecule has 7 heteroatoms. The third-order valence-corrected chi connectivity index (χ3v) is 6.59. The zero-order valence-electron chi connectivity index (χ0n) is 17.2. The second kappa shape index (κ2) is 7.81. The SMILES string of the molecule is CNC1CCN(Cc2ccnc3c2c2ccccc2n3C2CCC(=O)NC2=O)CC1. The number of piperidine rings is 2. The summed E-state index contributed by atoms with van der Waals surface area (Å²) in [5.41, 5.74) is 3.06. The Balaban J connectivity index is 1.58.